The Hall–Kier alpha value is -0.420. The minimum absolute atomic E-state index is 0.0301. The number of amides is 1. The molecule has 0 radical (unpaired) electrons. The molecule has 0 aromatic heterocycles. The van der Waals surface area contributed by atoms with Crippen LogP contribution in [0.2, 0.25) is 0 Å². The van der Waals surface area contributed by atoms with Gasteiger partial charge in [-0.2, -0.15) is 0 Å². The third kappa shape index (κ3) is 3.04. The summed E-state index contributed by atoms with van der Waals surface area (Å²) >= 11 is 0. The lowest BCUT2D eigenvalue weighted by Crippen LogP contribution is -2.40. The molecule has 2 atom stereocenters. The van der Waals surface area contributed by atoms with Gasteiger partial charge in [-0.05, 0) is 19.3 Å². The fourth-order valence-electron chi connectivity index (χ4n) is 2.01. The third-order valence-electron chi connectivity index (χ3n) is 3.22. The summed E-state index contributed by atoms with van der Waals surface area (Å²) in [4.78, 5) is 13.8. The highest BCUT2D eigenvalue weighted by Crippen LogP contribution is 2.22. The Morgan fingerprint density at radius 1 is 1.44 bits per heavy atom. The van der Waals surface area contributed by atoms with Gasteiger partial charge in [0.05, 0.1) is 6.04 Å². The Morgan fingerprint density at radius 3 is 2.81 bits per heavy atom. The molecule has 1 N–H and O–H groups in total. The van der Waals surface area contributed by atoms with Crippen LogP contribution >= 0.6 is 0 Å². The van der Waals surface area contributed by atoms with Crippen molar-refractivity contribution in [3.8, 4) is 0 Å². The maximum Gasteiger partial charge on any atom is 0.239 e. The summed E-state index contributed by atoms with van der Waals surface area (Å²) in [5, 5.41) is 3.37. The van der Waals surface area contributed by atoms with Gasteiger partial charge in [0.2, 0.25) is 5.91 Å². The average molecular weight is 244 g/mol. The number of hydrogen-bond acceptors (Lipinski definition) is 3. The summed E-state index contributed by atoms with van der Waals surface area (Å²) in [7, 11) is -0.762. The van der Waals surface area contributed by atoms with Gasteiger partial charge in [-0.25, -0.2) is 0 Å². The van der Waals surface area contributed by atoms with E-state index in [0.717, 1.165) is 13.0 Å². The SMILES string of the molecule is CCS(=O)CCN1CCC(NC2CC2)C1=O. The molecule has 4 nitrogen and oxygen atoms in total. The standard InChI is InChI=1S/C11H20N2O2S/c1-2-16(15)8-7-13-6-5-10(11(13)14)12-9-3-4-9/h9-10,12H,2-8H2,1H3. The van der Waals surface area contributed by atoms with Crippen molar-refractivity contribution in [2.45, 2.75) is 38.3 Å². The van der Waals surface area contributed by atoms with Crippen molar-refractivity contribution in [1.82, 2.24) is 10.2 Å². The molecular weight excluding hydrogens is 224 g/mol. The maximum absolute atomic E-state index is 11.9. The van der Waals surface area contributed by atoms with E-state index in [9.17, 15) is 9.00 Å². The summed E-state index contributed by atoms with van der Waals surface area (Å²) < 4.78 is 11.3. The Balaban J connectivity index is 1.74. The molecule has 2 rings (SSSR count). The van der Waals surface area contributed by atoms with Crippen LogP contribution in [0.3, 0.4) is 0 Å². The predicted molar refractivity (Wildman–Crippen MR) is 64.7 cm³/mol. The van der Waals surface area contributed by atoms with Crippen molar-refractivity contribution in [2.24, 2.45) is 0 Å². The first-order valence-corrected chi connectivity index (χ1v) is 7.59. The van der Waals surface area contributed by atoms with Crippen molar-refractivity contribution < 1.29 is 9.00 Å². The molecule has 0 spiro atoms. The third-order valence-corrected chi connectivity index (χ3v) is 4.50. The van der Waals surface area contributed by atoms with Crippen LogP contribution < -0.4 is 5.32 Å². The van der Waals surface area contributed by atoms with Gasteiger partial charge in [0.25, 0.3) is 0 Å². The van der Waals surface area contributed by atoms with Crippen LogP contribution in [0.25, 0.3) is 0 Å². The van der Waals surface area contributed by atoms with E-state index in [1.165, 1.54) is 12.8 Å². The zero-order valence-electron chi connectivity index (χ0n) is 9.78. The van der Waals surface area contributed by atoms with Crippen LogP contribution in [0.5, 0.6) is 0 Å². The molecule has 1 heterocycles. The van der Waals surface area contributed by atoms with Crippen LogP contribution in [0.1, 0.15) is 26.2 Å². The Labute approximate surface area is 99.2 Å². The largest absolute Gasteiger partial charge is 0.340 e. The number of rotatable bonds is 6. The molecule has 5 heteroatoms. The Bertz CT molecular complexity index is 292. The smallest absolute Gasteiger partial charge is 0.239 e. The molecule has 2 aliphatic rings. The molecule has 1 aliphatic heterocycles. The predicted octanol–water partition coefficient (Wildman–Crippen LogP) is 0.108. The molecule has 16 heavy (non-hydrogen) atoms. The molecule has 0 aromatic rings. The monoisotopic (exact) mass is 244 g/mol. The summed E-state index contributed by atoms with van der Waals surface area (Å²) in [5.41, 5.74) is 0. The van der Waals surface area contributed by atoms with Gasteiger partial charge in [-0.15, -0.1) is 0 Å². The summed E-state index contributed by atoms with van der Waals surface area (Å²) in [6.45, 7) is 3.39. The fraction of sp³-hybridized carbons (Fsp3) is 0.909. The van der Waals surface area contributed by atoms with Gasteiger partial charge >= 0.3 is 0 Å². The van der Waals surface area contributed by atoms with E-state index in [0.29, 0.717) is 24.1 Å². The molecule has 2 unspecified atom stereocenters. The summed E-state index contributed by atoms with van der Waals surface area (Å²) in [5.74, 6) is 1.52. The van der Waals surface area contributed by atoms with E-state index in [-0.39, 0.29) is 11.9 Å². The molecule has 2 fully saturated rings. The van der Waals surface area contributed by atoms with E-state index in [2.05, 4.69) is 5.32 Å². The minimum atomic E-state index is -0.762. The summed E-state index contributed by atoms with van der Waals surface area (Å²) in [6.07, 6.45) is 3.33. The van der Waals surface area contributed by atoms with Gasteiger partial charge in [-0.3, -0.25) is 9.00 Å². The first-order chi connectivity index (χ1) is 7.70. The number of carbonyl (C=O) groups is 1. The minimum Gasteiger partial charge on any atom is -0.340 e. The van der Waals surface area contributed by atoms with E-state index < -0.39 is 10.8 Å². The second-order valence-corrected chi connectivity index (χ2v) is 6.41. The molecule has 1 aliphatic carbocycles. The Morgan fingerprint density at radius 2 is 2.19 bits per heavy atom. The average Bonchev–Trinajstić information content (AvgIpc) is 3.03. The number of hydrogen-bond donors (Lipinski definition) is 1. The van der Waals surface area contributed by atoms with Crippen molar-refractivity contribution in [2.75, 3.05) is 24.6 Å². The van der Waals surface area contributed by atoms with E-state index in [4.69, 9.17) is 0 Å². The zero-order valence-corrected chi connectivity index (χ0v) is 10.6. The molecular formula is C11H20N2O2S. The van der Waals surface area contributed by atoms with Gasteiger partial charge < -0.3 is 10.2 Å². The van der Waals surface area contributed by atoms with Gasteiger partial charge in [0.15, 0.2) is 0 Å². The first kappa shape index (κ1) is 12.0. The molecule has 0 aromatic carbocycles. The lowest BCUT2D eigenvalue weighted by Gasteiger charge is -2.16. The van der Waals surface area contributed by atoms with Crippen molar-refractivity contribution in [3.63, 3.8) is 0 Å². The number of likely N-dealkylation sites (tertiary alicyclic amines) is 1. The molecule has 0 bridgehead atoms. The topological polar surface area (TPSA) is 49.4 Å². The molecule has 1 amide bonds. The highest BCUT2D eigenvalue weighted by Gasteiger charge is 2.35. The first-order valence-electron chi connectivity index (χ1n) is 6.10. The van der Waals surface area contributed by atoms with Crippen LogP contribution in [0.15, 0.2) is 0 Å². The second kappa shape index (κ2) is 5.27. The highest BCUT2D eigenvalue weighted by molar-refractivity contribution is 7.84. The van der Waals surface area contributed by atoms with Crippen molar-refractivity contribution in [3.05, 3.63) is 0 Å². The van der Waals surface area contributed by atoms with Crippen molar-refractivity contribution >= 4 is 16.7 Å². The maximum atomic E-state index is 11.9. The number of nitrogens with zero attached hydrogens (tertiary/aromatic N) is 1. The fourth-order valence-corrected chi connectivity index (χ4v) is 2.72. The zero-order chi connectivity index (χ0) is 11.5. The van der Waals surface area contributed by atoms with Gasteiger partial charge in [-0.1, -0.05) is 6.92 Å². The number of nitrogens with one attached hydrogen (secondary N) is 1. The quantitative estimate of drug-likeness (QED) is 0.721. The van der Waals surface area contributed by atoms with Crippen LogP contribution in [-0.4, -0.2) is 51.7 Å². The normalized spacial score (nSPS) is 27.4. The number of carbonyl (C=O) groups excluding carboxylic acids is 1. The van der Waals surface area contributed by atoms with Crippen molar-refractivity contribution in [1.29, 1.82) is 0 Å². The van der Waals surface area contributed by atoms with E-state index in [1.54, 1.807) is 0 Å². The lowest BCUT2D eigenvalue weighted by atomic mass is 10.2. The van der Waals surface area contributed by atoms with E-state index >= 15 is 0 Å². The molecule has 92 valence electrons. The second-order valence-electron chi connectivity index (χ2n) is 4.54. The van der Waals surface area contributed by atoms with Crippen LogP contribution in [-0.2, 0) is 15.6 Å². The van der Waals surface area contributed by atoms with Crippen LogP contribution in [0, 0.1) is 0 Å². The lowest BCUT2D eigenvalue weighted by molar-refractivity contribution is -0.129. The van der Waals surface area contributed by atoms with Gasteiger partial charge in [0.1, 0.15) is 0 Å². The Kier molecular flexibility index (Phi) is 3.97. The van der Waals surface area contributed by atoms with Gasteiger partial charge in [0, 0.05) is 41.4 Å². The molecule has 1 saturated heterocycles. The van der Waals surface area contributed by atoms with E-state index in [1.807, 2.05) is 11.8 Å². The van der Waals surface area contributed by atoms with Crippen LogP contribution in [0.4, 0.5) is 0 Å². The molecule has 1 saturated carbocycles. The highest BCUT2D eigenvalue weighted by atomic mass is 32.2. The summed E-state index contributed by atoms with van der Waals surface area (Å²) in [6, 6.07) is 0.612.